The van der Waals surface area contributed by atoms with Crippen LogP contribution in [0.2, 0.25) is 0 Å². The van der Waals surface area contributed by atoms with Crippen LogP contribution in [-0.4, -0.2) is 41.5 Å². The molecule has 1 aromatic heterocycles. The van der Waals surface area contributed by atoms with E-state index in [0.29, 0.717) is 17.6 Å². The number of urea groups is 1. The van der Waals surface area contributed by atoms with Crippen molar-refractivity contribution in [2.75, 3.05) is 30.9 Å². The van der Waals surface area contributed by atoms with E-state index in [4.69, 9.17) is 0 Å². The molecule has 3 rings (SSSR count). The molecular weight excluding hydrogens is 290 g/mol. The van der Waals surface area contributed by atoms with Gasteiger partial charge in [0.15, 0.2) is 0 Å². The van der Waals surface area contributed by atoms with Crippen LogP contribution in [0, 0.1) is 5.92 Å². The fourth-order valence-electron chi connectivity index (χ4n) is 2.87. The third kappa shape index (κ3) is 3.11. The van der Waals surface area contributed by atoms with Gasteiger partial charge >= 0.3 is 6.03 Å². The maximum absolute atomic E-state index is 12.5. The van der Waals surface area contributed by atoms with Crippen LogP contribution in [0.15, 0.2) is 42.7 Å². The lowest BCUT2D eigenvalue weighted by molar-refractivity contribution is 0.0671. The molecule has 1 saturated heterocycles. The maximum atomic E-state index is 12.5. The molecule has 1 aromatic carbocycles. The average Bonchev–Trinajstić information content (AvgIpc) is 2.54. The van der Waals surface area contributed by atoms with Gasteiger partial charge in [-0.1, -0.05) is 37.3 Å². The van der Waals surface area contributed by atoms with Crippen molar-refractivity contribution in [2.24, 2.45) is 5.92 Å². The highest BCUT2D eigenvalue weighted by atomic mass is 16.2. The Morgan fingerprint density at radius 2 is 1.87 bits per heavy atom. The Morgan fingerprint density at radius 1 is 1.22 bits per heavy atom. The third-order valence-corrected chi connectivity index (χ3v) is 4.05. The lowest BCUT2D eigenvalue weighted by Gasteiger charge is -2.46. The lowest BCUT2D eigenvalue weighted by atomic mass is 9.85. The van der Waals surface area contributed by atoms with Gasteiger partial charge in [0.25, 0.3) is 0 Å². The summed E-state index contributed by atoms with van der Waals surface area (Å²) in [6, 6.07) is 10.1. The normalized spacial score (nSPS) is 19.9. The van der Waals surface area contributed by atoms with E-state index in [1.54, 1.807) is 12.4 Å². The molecule has 1 aliphatic rings. The summed E-state index contributed by atoms with van der Waals surface area (Å²) < 4.78 is 0. The van der Waals surface area contributed by atoms with Gasteiger partial charge in [0.2, 0.25) is 5.95 Å². The van der Waals surface area contributed by atoms with Crippen LogP contribution < -0.4 is 10.2 Å². The summed E-state index contributed by atoms with van der Waals surface area (Å²) in [7, 11) is 3.75. The molecule has 0 bridgehead atoms. The number of amides is 2. The molecule has 2 atom stereocenters. The van der Waals surface area contributed by atoms with Crippen molar-refractivity contribution >= 4 is 17.7 Å². The van der Waals surface area contributed by atoms with Crippen molar-refractivity contribution in [3.05, 3.63) is 48.3 Å². The summed E-state index contributed by atoms with van der Waals surface area (Å²) in [5.74, 6) is 1.07. The summed E-state index contributed by atoms with van der Waals surface area (Å²) in [6.07, 6.45) is 3.25. The van der Waals surface area contributed by atoms with E-state index in [0.717, 1.165) is 6.54 Å². The Balaban J connectivity index is 1.68. The van der Waals surface area contributed by atoms with Gasteiger partial charge in [-0.15, -0.1) is 0 Å². The fraction of sp³-hybridized carbons (Fsp3) is 0.353. The van der Waals surface area contributed by atoms with E-state index in [-0.39, 0.29) is 12.1 Å². The largest absolute Gasteiger partial charge is 0.347 e. The van der Waals surface area contributed by atoms with Gasteiger partial charge in [0.1, 0.15) is 0 Å². The van der Waals surface area contributed by atoms with E-state index >= 15 is 0 Å². The van der Waals surface area contributed by atoms with E-state index in [2.05, 4.69) is 34.3 Å². The van der Waals surface area contributed by atoms with Gasteiger partial charge in [0, 0.05) is 20.6 Å². The van der Waals surface area contributed by atoms with Gasteiger partial charge in [-0.2, -0.15) is 0 Å². The molecule has 0 spiro atoms. The first-order valence-electron chi connectivity index (χ1n) is 7.68. The van der Waals surface area contributed by atoms with E-state index < -0.39 is 0 Å². The standard InChI is InChI=1S/C17H21N5O/c1-12-11-22(15(12)13-7-5-4-6-8-13)17(23)20-14-9-18-16(19-10-14)21(2)3/h4-10,12,15H,11H2,1-3H3,(H,20,23)/t12-,15-/m1/s1. The third-order valence-electron chi connectivity index (χ3n) is 4.05. The second kappa shape index (κ2) is 6.24. The number of nitrogens with one attached hydrogen (secondary N) is 1. The molecule has 0 aliphatic carbocycles. The Labute approximate surface area is 136 Å². The lowest BCUT2D eigenvalue weighted by Crippen LogP contribution is -2.53. The van der Waals surface area contributed by atoms with Crippen molar-refractivity contribution < 1.29 is 4.79 Å². The smallest absolute Gasteiger partial charge is 0.322 e. The zero-order chi connectivity index (χ0) is 16.4. The van der Waals surface area contributed by atoms with Crippen LogP contribution in [0.25, 0.3) is 0 Å². The van der Waals surface area contributed by atoms with Crippen molar-refractivity contribution in [3.63, 3.8) is 0 Å². The Morgan fingerprint density at radius 3 is 2.43 bits per heavy atom. The number of hydrogen-bond donors (Lipinski definition) is 1. The molecule has 2 heterocycles. The van der Waals surface area contributed by atoms with Crippen LogP contribution in [-0.2, 0) is 0 Å². The number of rotatable bonds is 3. The minimum atomic E-state index is -0.113. The van der Waals surface area contributed by atoms with E-state index in [1.165, 1.54) is 5.56 Å². The van der Waals surface area contributed by atoms with Crippen molar-refractivity contribution in [1.29, 1.82) is 0 Å². The quantitative estimate of drug-likeness (QED) is 0.947. The number of anilines is 2. The SMILES string of the molecule is C[C@@H]1CN(C(=O)Nc2cnc(N(C)C)nc2)[C@H]1c1ccccc1. The first-order valence-corrected chi connectivity index (χ1v) is 7.68. The van der Waals surface area contributed by atoms with Crippen LogP contribution in [0.5, 0.6) is 0 Å². The molecule has 1 fully saturated rings. The van der Waals surface area contributed by atoms with Gasteiger partial charge in [-0.3, -0.25) is 0 Å². The van der Waals surface area contributed by atoms with Crippen molar-refractivity contribution in [2.45, 2.75) is 13.0 Å². The van der Waals surface area contributed by atoms with Crippen molar-refractivity contribution in [1.82, 2.24) is 14.9 Å². The summed E-state index contributed by atoms with van der Waals surface area (Å²) in [4.78, 5) is 24.6. The monoisotopic (exact) mass is 311 g/mol. The molecule has 0 saturated carbocycles. The molecule has 1 N–H and O–H groups in total. The second-order valence-electron chi connectivity index (χ2n) is 6.08. The molecule has 6 heteroatoms. The summed E-state index contributed by atoms with van der Waals surface area (Å²) in [5, 5.41) is 2.87. The maximum Gasteiger partial charge on any atom is 0.322 e. The zero-order valence-electron chi connectivity index (χ0n) is 13.6. The minimum Gasteiger partial charge on any atom is -0.347 e. The second-order valence-corrected chi connectivity index (χ2v) is 6.08. The highest BCUT2D eigenvalue weighted by molar-refractivity contribution is 5.90. The average molecular weight is 311 g/mol. The molecular formula is C17H21N5O. The van der Waals surface area contributed by atoms with E-state index in [9.17, 15) is 4.79 Å². The Kier molecular flexibility index (Phi) is 4.14. The van der Waals surface area contributed by atoms with Crippen LogP contribution >= 0.6 is 0 Å². The molecule has 0 radical (unpaired) electrons. The topological polar surface area (TPSA) is 61.4 Å². The first kappa shape index (κ1) is 15.3. The van der Waals surface area contributed by atoms with Gasteiger partial charge in [0.05, 0.1) is 24.1 Å². The Hall–Kier alpha value is -2.63. The number of carbonyl (C=O) groups is 1. The zero-order valence-corrected chi connectivity index (χ0v) is 13.6. The van der Waals surface area contributed by atoms with Gasteiger partial charge in [-0.05, 0) is 11.5 Å². The predicted molar refractivity (Wildman–Crippen MR) is 90.4 cm³/mol. The van der Waals surface area contributed by atoms with Crippen molar-refractivity contribution in [3.8, 4) is 0 Å². The fourth-order valence-corrected chi connectivity index (χ4v) is 2.87. The molecule has 0 unspecified atom stereocenters. The van der Waals surface area contributed by atoms with E-state index in [1.807, 2.05) is 42.1 Å². The molecule has 2 aromatic rings. The molecule has 6 nitrogen and oxygen atoms in total. The molecule has 120 valence electrons. The number of carbonyl (C=O) groups excluding carboxylic acids is 1. The summed E-state index contributed by atoms with van der Waals surface area (Å²) >= 11 is 0. The molecule has 1 aliphatic heterocycles. The van der Waals surface area contributed by atoms with Crippen LogP contribution in [0.1, 0.15) is 18.5 Å². The first-order chi connectivity index (χ1) is 11.1. The number of hydrogen-bond acceptors (Lipinski definition) is 4. The van der Waals surface area contributed by atoms with Gasteiger partial charge in [-0.25, -0.2) is 14.8 Å². The Bertz CT molecular complexity index is 671. The number of nitrogens with zero attached hydrogens (tertiary/aromatic N) is 4. The number of benzene rings is 1. The summed E-state index contributed by atoms with van der Waals surface area (Å²) in [5.41, 5.74) is 1.77. The molecule has 23 heavy (non-hydrogen) atoms. The van der Waals surface area contributed by atoms with Gasteiger partial charge < -0.3 is 15.1 Å². The molecule has 2 amide bonds. The highest BCUT2D eigenvalue weighted by Crippen LogP contribution is 2.38. The number of aromatic nitrogens is 2. The highest BCUT2D eigenvalue weighted by Gasteiger charge is 2.39. The minimum absolute atomic E-state index is 0.113. The predicted octanol–water partition coefficient (Wildman–Crippen LogP) is 2.77. The summed E-state index contributed by atoms with van der Waals surface area (Å²) in [6.45, 7) is 2.92. The van der Waals surface area contributed by atoms with Crippen LogP contribution in [0.4, 0.5) is 16.4 Å². The van der Waals surface area contributed by atoms with Crippen LogP contribution in [0.3, 0.4) is 0 Å². The number of likely N-dealkylation sites (tertiary alicyclic amines) is 1.